The minimum atomic E-state index is 0.186. The van der Waals surface area contributed by atoms with E-state index in [0.29, 0.717) is 25.6 Å². The minimum absolute atomic E-state index is 0.186. The highest BCUT2D eigenvalue weighted by Gasteiger charge is 2.13. The highest BCUT2D eigenvalue weighted by Crippen LogP contribution is 2.20. The monoisotopic (exact) mass is 253 g/mol. The summed E-state index contributed by atoms with van der Waals surface area (Å²) in [4.78, 5) is 4.12. The quantitative estimate of drug-likeness (QED) is 0.650. The topological polar surface area (TPSA) is 69.4 Å². The van der Waals surface area contributed by atoms with Crippen molar-refractivity contribution in [2.45, 2.75) is 19.4 Å². The zero-order chi connectivity index (χ0) is 13.2. The number of pyridine rings is 1. The summed E-state index contributed by atoms with van der Waals surface area (Å²) in [6.07, 6.45) is 2.57. The Balaban J connectivity index is 2.47. The zero-order valence-electron chi connectivity index (χ0n) is 11.2. The maximum atomic E-state index is 5.89. The van der Waals surface area contributed by atoms with Crippen molar-refractivity contribution < 1.29 is 9.47 Å². The summed E-state index contributed by atoms with van der Waals surface area (Å²) in [5.74, 6) is 0.584. The van der Waals surface area contributed by atoms with Gasteiger partial charge in [-0.15, -0.1) is 0 Å². The lowest BCUT2D eigenvalue weighted by Gasteiger charge is -2.19. The molecule has 5 heteroatoms. The zero-order valence-corrected chi connectivity index (χ0v) is 11.2. The average Bonchev–Trinajstić information content (AvgIpc) is 2.38. The van der Waals surface area contributed by atoms with Crippen LogP contribution in [-0.4, -0.2) is 38.5 Å². The number of nitrogens with zero attached hydrogens (tertiary/aromatic N) is 1. The maximum absolute atomic E-state index is 5.89. The van der Waals surface area contributed by atoms with Crippen molar-refractivity contribution in [2.24, 2.45) is 0 Å². The molecule has 18 heavy (non-hydrogen) atoms. The first-order valence-electron chi connectivity index (χ1n) is 6.30. The summed E-state index contributed by atoms with van der Waals surface area (Å²) in [5, 5.41) is 3.40. The van der Waals surface area contributed by atoms with Crippen LogP contribution in [0.25, 0.3) is 0 Å². The molecular formula is C13H23N3O2. The van der Waals surface area contributed by atoms with E-state index in [-0.39, 0.29) is 6.04 Å². The van der Waals surface area contributed by atoms with Crippen LogP contribution in [0.4, 0.5) is 5.82 Å². The van der Waals surface area contributed by atoms with Gasteiger partial charge in [-0.3, -0.25) is 0 Å². The lowest BCUT2D eigenvalue weighted by molar-refractivity contribution is 0.0658. The molecule has 5 nitrogen and oxygen atoms in total. The van der Waals surface area contributed by atoms with Crippen LogP contribution in [-0.2, 0) is 9.47 Å². The Bertz CT molecular complexity index is 334. The molecule has 1 rings (SSSR count). The van der Waals surface area contributed by atoms with Gasteiger partial charge in [0, 0.05) is 31.5 Å². The second-order valence-corrected chi connectivity index (χ2v) is 3.98. The van der Waals surface area contributed by atoms with Gasteiger partial charge in [0.05, 0.1) is 13.2 Å². The maximum Gasteiger partial charge on any atom is 0.128 e. The highest BCUT2D eigenvalue weighted by atomic mass is 16.5. The molecule has 0 radical (unpaired) electrons. The lowest BCUT2D eigenvalue weighted by Crippen LogP contribution is -2.24. The van der Waals surface area contributed by atoms with E-state index in [2.05, 4.69) is 17.2 Å². The van der Waals surface area contributed by atoms with E-state index in [9.17, 15) is 0 Å². The minimum Gasteiger partial charge on any atom is -0.383 e. The molecule has 1 unspecified atom stereocenters. The van der Waals surface area contributed by atoms with E-state index in [1.165, 1.54) is 0 Å². The number of hydrogen-bond acceptors (Lipinski definition) is 5. The van der Waals surface area contributed by atoms with E-state index >= 15 is 0 Å². The fourth-order valence-electron chi connectivity index (χ4n) is 1.78. The third-order valence-corrected chi connectivity index (χ3v) is 2.68. The summed E-state index contributed by atoms with van der Waals surface area (Å²) in [6.45, 7) is 4.89. The molecule has 0 amide bonds. The predicted molar refractivity (Wildman–Crippen MR) is 72.4 cm³/mol. The van der Waals surface area contributed by atoms with Gasteiger partial charge in [-0.05, 0) is 19.0 Å². The Kier molecular flexibility index (Phi) is 7.32. The predicted octanol–water partition coefficient (Wildman–Crippen LogP) is 1.37. The second kappa shape index (κ2) is 8.85. The Morgan fingerprint density at radius 2 is 2.22 bits per heavy atom. The van der Waals surface area contributed by atoms with Crippen LogP contribution in [0.15, 0.2) is 18.3 Å². The highest BCUT2D eigenvalue weighted by molar-refractivity contribution is 5.40. The Morgan fingerprint density at radius 1 is 1.39 bits per heavy atom. The summed E-state index contributed by atoms with van der Waals surface area (Å²) < 4.78 is 10.4. The van der Waals surface area contributed by atoms with Crippen LogP contribution in [0.5, 0.6) is 0 Å². The first kappa shape index (κ1) is 14.9. The fraction of sp³-hybridized carbons (Fsp3) is 0.615. The molecule has 0 aromatic carbocycles. The SMILES string of the molecule is CCNC(CCOCCOC)c1cccnc1N. The molecule has 0 saturated heterocycles. The van der Waals surface area contributed by atoms with E-state index in [1.807, 2.05) is 12.1 Å². The molecule has 0 fully saturated rings. The van der Waals surface area contributed by atoms with E-state index < -0.39 is 0 Å². The summed E-state index contributed by atoms with van der Waals surface area (Å²) >= 11 is 0. The molecule has 0 aliphatic carbocycles. The van der Waals surface area contributed by atoms with Crippen LogP contribution in [0, 0.1) is 0 Å². The molecule has 0 aliphatic rings. The lowest BCUT2D eigenvalue weighted by atomic mass is 10.1. The molecule has 0 saturated carbocycles. The number of methoxy groups -OCH3 is 1. The van der Waals surface area contributed by atoms with Gasteiger partial charge >= 0.3 is 0 Å². The molecule has 1 atom stereocenters. The number of rotatable bonds is 9. The average molecular weight is 253 g/mol. The number of nitrogens with two attached hydrogens (primary N) is 1. The van der Waals surface area contributed by atoms with Crippen molar-refractivity contribution in [3.05, 3.63) is 23.9 Å². The molecular weight excluding hydrogens is 230 g/mol. The Morgan fingerprint density at radius 3 is 2.89 bits per heavy atom. The van der Waals surface area contributed by atoms with E-state index in [4.69, 9.17) is 15.2 Å². The normalized spacial score (nSPS) is 12.6. The summed E-state index contributed by atoms with van der Waals surface area (Å²) in [7, 11) is 1.67. The Hall–Kier alpha value is -1.17. The first-order chi connectivity index (χ1) is 8.79. The molecule has 0 aliphatic heterocycles. The second-order valence-electron chi connectivity index (χ2n) is 3.98. The van der Waals surface area contributed by atoms with Gasteiger partial charge in [0.2, 0.25) is 0 Å². The molecule has 0 bridgehead atoms. The smallest absolute Gasteiger partial charge is 0.128 e. The van der Waals surface area contributed by atoms with Gasteiger partial charge < -0.3 is 20.5 Å². The molecule has 1 heterocycles. The van der Waals surface area contributed by atoms with Crippen molar-refractivity contribution >= 4 is 5.82 Å². The molecule has 1 aromatic heterocycles. The third kappa shape index (κ3) is 5.00. The number of ether oxygens (including phenoxy) is 2. The summed E-state index contributed by atoms with van der Waals surface area (Å²) in [5.41, 5.74) is 6.93. The van der Waals surface area contributed by atoms with E-state index in [1.54, 1.807) is 13.3 Å². The number of anilines is 1. The number of aromatic nitrogens is 1. The largest absolute Gasteiger partial charge is 0.383 e. The van der Waals surface area contributed by atoms with Crippen LogP contribution in [0.3, 0.4) is 0 Å². The van der Waals surface area contributed by atoms with Crippen molar-refractivity contribution in [3.63, 3.8) is 0 Å². The van der Waals surface area contributed by atoms with Gasteiger partial charge in [0.1, 0.15) is 5.82 Å². The van der Waals surface area contributed by atoms with Crippen LogP contribution >= 0.6 is 0 Å². The van der Waals surface area contributed by atoms with Crippen LogP contribution in [0.1, 0.15) is 24.9 Å². The van der Waals surface area contributed by atoms with Crippen molar-refractivity contribution in [3.8, 4) is 0 Å². The van der Waals surface area contributed by atoms with E-state index in [0.717, 1.165) is 18.5 Å². The van der Waals surface area contributed by atoms with Crippen molar-refractivity contribution in [2.75, 3.05) is 39.2 Å². The Labute approximate surface area is 109 Å². The van der Waals surface area contributed by atoms with Gasteiger partial charge in [-0.2, -0.15) is 0 Å². The number of nitrogens with one attached hydrogen (secondary N) is 1. The van der Waals surface area contributed by atoms with Gasteiger partial charge in [0.25, 0.3) is 0 Å². The molecule has 0 spiro atoms. The van der Waals surface area contributed by atoms with Crippen LogP contribution in [0.2, 0.25) is 0 Å². The van der Waals surface area contributed by atoms with Gasteiger partial charge in [-0.1, -0.05) is 13.0 Å². The summed E-state index contributed by atoms with van der Waals surface area (Å²) in [6, 6.07) is 4.10. The van der Waals surface area contributed by atoms with Gasteiger partial charge in [0.15, 0.2) is 0 Å². The molecule has 3 N–H and O–H groups in total. The van der Waals surface area contributed by atoms with Crippen molar-refractivity contribution in [1.29, 1.82) is 0 Å². The van der Waals surface area contributed by atoms with Crippen LogP contribution < -0.4 is 11.1 Å². The third-order valence-electron chi connectivity index (χ3n) is 2.68. The molecule has 1 aromatic rings. The standard InChI is InChI=1S/C13H23N3O2/c1-3-15-12(6-8-18-10-9-17-2)11-5-4-7-16-13(11)14/h4-5,7,12,15H,3,6,8-10H2,1-2H3,(H2,14,16). The number of hydrogen-bond donors (Lipinski definition) is 2. The molecule has 102 valence electrons. The van der Waals surface area contributed by atoms with Gasteiger partial charge in [-0.25, -0.2) is 4.98 Å². The first-order valence-corrected chi connectivity index (χ1v) is 6.30. The number of nitrogen functional groups attached to an aromatic ring is 1. The fourth-order valence-corrected chi connectivity index (χ4v) is 1.78. The van der Waals surface area contributed by atoms with Crippen molar-refractivity contribution in [1.82, 2.24) is 10.3 Å².